The van der Waals surface area contributed by atoms with Crippen molar-refractivity contribution in [3.63, 3.8) is 0 Å². The lowest BCUT2D eigenvalue weighted by molar-refractivity contribution is 0.0362. The summed E-state index contributed by atoms with van der Waals surface area (Å²) in [5, 5.41) is 0.676. The second kappa shape index (κ2) is 5.38. The number of rotatable bonds is 3. The van der Waals surface area contributed by atoms with Gasteiger partial charge < -0.3 is 9.72 Å². The van der Waals surface area contributed by atoms with Crippen LogP contribution in [0.15, 0.2) is 10.9 Å². The van der Waals surface area contributed by atoms with Crippen LogP contribution in [0.25, 0.3) is 11.0 Å². The lowest BCUT2D eigenvalue weighted by Gasteiger charge is -2.26. The van der Waals surface area contributed by atoms with E-state index < -0.39 is 0 Å². The first-order valence-corrected chi connectivity index (χ1v) is 7.02. The minimum Gasteiger partial charge on any atom is -0.379 e. The van der Waals surface area contributed by atoms with E-state index in [0.29, 0.717) is 17.6 Å². The van der Waals surface area contributed by atoms with E-state index in [9.17, 15) is 4.79 Å². The zero-order valence-corrected chi connectivity index (χ0v) is 12.0. The largest absolute Gasteiger partial charge is 0.379 e. The molecule has 1 aliphatic heterocycles. The Balaban J connectivity index is 1.85. The van der Waals surface area contributed by atoms with Gasteiger partial charge in [0.15, 0.2) is 0 Å². The molecule has 2 aromatic heterocycles. The number of aromatic amines is 1. The molecule has 0 saturated carbocycles. The number of morpholine rings is 1. The summed E-state index contributed by atoms with van der Waals surface area (Å²) in [4.78, 5) is 22.4. The molecule has 0 aliphatic carbocycles. The maximum absolute atomic E-state index is 12.5. The molecule has 0 aromatic carbocycles. The Hall–Kier alpha value is -1.66. The number of ether oxygens (including phenoxy) is 1. The van der Waals surface area contributed by atoms with Crippen molar-refractivity contribution in [2.45, 2.75) is 20.4 Å². The molecule has 108 valence electrons. The van der Waals surface area contributed by atoms with Crippen LogP contribution in [0.3, 0.4) is 0 Å². The van der Waals surface area contributed by atoms with E-state index in [2.05, 4.69) is 14.9 Å². The van der Waals surface area contributed by atoms with Crippen LogP contribution in [0.4, 0.5) is 0 Å². The predicted molar refractivity (Wildman–Crippen MR) is 77.1 cm³/mol. The van der Waals surface area contributed by atoms with Crippen LogP contribution in [0.1, 0.15) is 11.5 Å². The molecule has 0 spiro atoms. The Labute approximate surface area is 117 Å². The maximum Gasteiger partial charge on any atom is 0.263 e. The third kappa shape index (κ3) is 2.48. The molecule has 3 rings (SSSR count). The Morgan fingerprint density at radius 2 is 2.05 bits per heavy atom. The summed E-state index contributed by atoms with van der Waals surface area (Å²) in [6.45, 7) is 8.80. The fraction of sp³-hybridized carbons (Fsp3) is 0.571. The first-order chi connectivity index (χ1) is 9.65. The lowest BCUT2D eigenvalue weighted by atomic mass is 10.3. The van der Waals surface area contributed by atoms with Gasteiger partial charge in [-0.1, -0.05) is 0 Å². The summed E-state index contributed by atoms with van der Waals surface area (Å²) in [7, 11) is 0. The van der Waals surface area contributed by atoms with E-state index in [1.807, 2.05) is 19.9 Å². The van der Waals surface area contributed by atoms with Crippen LogP contribution in [0.2, 0.25) is 0 Å². The van der Waals surface area contributed by atoms with Crippen molar-refractivity contribution >= 4 is 11.0 Å². The van der Waals surface area contributed by atoms with E-state index in [0.717, 1.165) is 44.4 Å². The number of hydrogen-bond acceptors (Lipinski definition) is 4. The minimum atomic E-state index is 0.0464. The van der Waals surface area contributed by atoms with Gasteiger partial charge in [0.2, 0.25) is 0 Å². The fourth-order valence-corrected chi connectivity index (χ4v) is 2.67. The number of H-pyrrole nitrogens is 1. The zero-order chi connectivity index (χ0) is 14.1. The molecular formula is C14H20N4O2. The van der Waals surface area contributed by atoms with Crippen molar-refractivity contribution in [1.29, 1.82) is 0 Å². The minimum absolute atomic E-state index is 0.0464. The van der Waals surface area contributed by atoms with E-state index in [1.54, 1.807) is 4.57 Å². The van der Waals surface area contributed by atoms with Crippen LogP contribution in [-0.2, 0) is 11.3 Å². The molecule has 6 heteroatoms. The first-order valence-electron chi connectivity index (χ1n) is 7.02. The molecule has 6 nitrogen and oxygen atoms in total. The number of fused-ring (bicyclic) bond motifs is 1. The molecule has 1 aliphatic rings. The molecule has 3 heterocycles. The summed E-state index contributed by atoms with van der Waals surface area (Å²) in [6.07, 6.45) is 0. The average Bonchev–Trinajstić information content (AvgIpc) is 2.80. The number of nitrogens with zero attached hydrogens (tertiary/aromatic N) is 3. The van der Waals surface area contributed by atoms with Crippen LogP contribution >= 0.6 is 0 Å². The Bertz CT molecular complexity index is 668. The highest BCUT2D eigenvalue weighted by molar-refractivity contribution is 5.75. The van der Waals surface area contributed by atoms with E-state index >= 15 is 0 Å². The highest BCUT2D eigenvalue weighted by atomic mass is 16.5. The topological polar surface area (TPSA) is 63.1 Å². The van der Waals surface area contributed by atoms with Crippen LogP contribution in [0, 0.1) is 13.8 Å². The maximum atomic E-state index is 12.5. The van der Waals surface area contributed by atoms with Crippen molar-refractivity contribution in [3.05, 3.63) is 27.9 Å². The van der Waals surface area contributed by atoms with Gasteiger partial charge in [0.25, 0.3) is 5.56 Å². The van der Waals surface area contributed by atoms with Crippen LogP contribution in [0.5, 0.6) is 0 Å². The normalized spacial score (nSPS) is 16.9. The molecule has 1 fully saturated rings. The number of nitrogens with one attached hydrogen (secondary N) is 1. The summed E-state index contributed by atoms with van der Waals surface area (Å²) in [5.41, 5.74) is 1.70. The van der Waals surface area contributed by atoms with Gasteiger partial charge in [-0.3, -0.25) is 14.3 Å². The summed E-state index contributed by atoms with van der Waals surface area (Å²) in [5.74, 6) is 0.762. The molecule has 1 N–H and O–H groups in total. The average molecular weight is 276 g/mol. The second-order valence-electron chi connectivity index (χ2n) is 5.28. The Kier molecular flexibility index (Phi) is 3.58. The monoisotopic (exact) mass is 276 g/mol. The van der Waals surface area contributed by atoms with Gasteiger partial charge in [-0.05, 0) is 19.9 Å². The SMILES string of the molecule is Cc1cc2c(=O)n(CCN3CCOCC3)c(C)nc2[nH]1. The third-order valence-electron chi connectivity index (χ3n) is 3.81. The van der Waals surface area contributed by atoms with E-state index in [4.69, 9.17) is 4.74 Å². The zero-order valence-electron chi connectivity index (χ0n) is 12.0. The van der Waals surface area contributed by atoms with Gasteiger partial charge in [0.1, 0.15) is 11.5 Å². The van der Waals surface area contributed by atoms with E-state index in [-0.39, 0.29) is 5.56 Å². The third-order valence-corrected chi connectivity index (χ3v) is 3.81. The molecule has 20 heavy (non-hydrogen) atoms. The molecule has 0 bridgehead atoms. The van der Waals surface area contributed by atoms with Gasteiger partial charge >= 0.3 is 0 Å². The first kappa shape index (κ1) is 13.3. The second-order valence-corrected chi connectivity index (χ2v) is 5.28. The molecular weight excluding hydrogens is 256 g/mol. The van der Waals surface area contributed by atoms with Gasteiger partial charge in [-0.2, -0.15) is 0 Å². The molecule has 1 saturated heterocycles. The van der Waals surface area contributed by atoms with Gasteiger partial charge in [-0.25, -0.2) is 4.98 Å². The van der Waals surface area contributed by atoms with E-state index in [1.165, 1.54) is 0 Å². The number of aromatic nitrogens is 3. The smallest absolute Gasteiger partial charge is 0.263 e. The van der Waals surface area contributed by atoms with Gasteiger partial charge in [0.05, 0.1) is 18.6 Å². The summed E-state index contributed by atoms with van der Waals surface area (Å²) >= 11 is 0. The highest BCUT2D eigenvalue weighted by Crippen LogP contribution is 2.09. The standard InChI is InChI=1S/C14H20N4O2/c1-10-9-12-13(15-10)16-11(2)18(14(12)19)4-3-17-5-7-20-8-6-17/h9,15H,3-8H2,1-2H3. The van der Waals surface area contributed by atoms with Crippen molar-refractivity contribution in [1.82, 2.24) is 19.4 Å². The molecule has 0 radical (unpaired) electrons. The van der Waals surface area contributed by atoms with Crippen molar-refractivity contribution < 1.29 is 4.74 Å². The number of hydrogen-bond donors (Lipinski definition) is 1. The van der Waals surface area contributed by atoms with Crippen molar-refractivity contribution in [2.75, 3.05) is 32.8 Å². The quantitative estimate of drug-likeness (QED) is 0.895. The molecule has 0 unspecified atom stereocenters. The van der Waals surface area contributed by atoms with Crippen molar-refractivity contribution in [3.8, 4) is 0 Å². The fourth-order valence-electron chi connectivity index (χ4n) is 2.67. The highest BCUT2D eigenvalue weighted by Gasteiger charge is 2.13. The lowest BCUT2D eigenvalue weighted by Crippen LogP contribution is -2.39. The molecule has 0 atom stereocenters. The van der Waals surface area contributed by atoms with Crippen LogP contribution < -0.4 is 5.56 Å². The Morgan fingerprint density at radius 3 is 2.80 bits per heavy atom. The van der Waals surface area contributed by atoms with Crippen LogP contribution in [-0.4, -0.2) is 52.3 Å². The van der Waals surface area contributed by atoms with Crippen molar-refractivity contribution in [2.24, 2.45) is 0 Å². The number of aryl methyl sites for hydroxylation is 2. The Morgan fingerprint density at radius 1 is 1.30 bits per heavy atom. The molecule has 0 amide bonds. The predicted octanol–water partition coefficient (Wildman–Crippen LogP) is 0.674. The summed E-state index contributed by atoms with van der Waals surface area (Å²) in [6, 6.07) is 1.87. The van der Waals surface area contributed by atoms with Gasteiger partial charge in [-0.15, -0.1) is 0 Å². The molecule has 2 aromatic rings. The summed E-state index contributed by atoms with van der Waals surface area (Å²) < 4.78 is 7.10. The van der Waals surface area contributed by atoms with Gasteiger partial charge in [0, 0.05) is 31.9 Å².